The zero-order valence-electron chi connectivity index (χ0n) is 11.7. The largest absolute Gasteiger partial charge is 0.326 e. The maximum atomic E-state index is 12.6. The van der Waals surface area contributed by atoms with Gasteiger partial charge in [-0.05, 0) is 43.4 Å². The van der Waals surface area contributed by atoms with Crippen molar-refractivity contribution in [3.05, 3.63) is 65.7 Å². The number of rotatable bonds is 4. The summed E-state index contributed by atoms with van der Waals surface area (Å²) in [7, 11) is 0. The lowest BCUT2D eigenvalue weighted by atomic mass is 9.93. The minimum absolute atomic E-state index is 0.0162. The van der Waals surface area contributed by atoms with Gasteiger partial charge in [0.1, 0.15) is 0 Å². The van der Waals surface area contributed by atoms with Crippen molar-refractivity contribution >= 4 is 11.6 Å². The van der Waals surface area contributed by atoms with Gasteiger partial charge in [-0.1, -0.05) is 48.0 Å². The molecule has 1 aliphatic carbocycles. The van der Waals surface area contributed by atoms with Crippen LogP contribution < -0.4 is 5.32 Å². The molecule has 1 aliphatic rings. The van der Waals surface area contributed by atoms with E-state index in [0.29, 0.717) is 5.92 Å². The molecule has 0 bridgehead atoms. The molecule has 2 aromatic rings. The number of carbonyl (C=O) groups excluding carboxylic acids is 1. The molecule has 3 rings (SSSR count). The smallest absolute Gasteiger partial charge is 0.232 e. The monoisotopic (exact) mass is 265 g/mol. The highest BCUT2D eigenvalue weighted by Gasteiger charge is 2.37. The van der Waals surface area contributed by atoms with Crippen LogP contribution in [0.5, 0.6) is 0 Å². The van der Waals surface area contributed by atoms with Gasteiger partial charge in [-0.2, -0.15) is 0 Å². The predicted molar refractivity (Wildman–Crippen MR) is 81.7 cm³/mol. The molecule has 0 saturated heterocycles. The molecule has 2 heteroatoms. The Labute approximate surface area is 119 Å². The molecule has 0 aliphatic heterocycles. The van der Waals surface area contributed by atoms with Crippen LogP contribution in [-0.2, 0) is 4.79 Å². The van der Waals surface area contributed by atoms with Crippen LogP contribution >= 0.6 is 0 Å². The number of hydrogen-bond donors (Lipinski definition) is 1. The van der Waals surface area contributed by atoms with Gasteiger partial charge in [-0.15, -0.1) is 0 Å². The molecule has 1 amide bonds. The van der Waals surface area contributed by atoms with Crippen LogP contribution in [0.1, 0.15) is 29.9 Å². The molecule has 0 spiro atoms. The molecule has 0 radical (unpaired) electrons. The van der Waals surface area contributed by atoms with Crippen LogP contribution in [0, 0.1) is 12.8 Å². The minimum Gasteiger partial charge on any atom is -0.326 e. The predicted octanol–water partition coefficient (Wildman–Crippen LogP) is 4.13. The highest BCUT2D eigenvalue weighted by Crippen LogP contribution is 2.43. The van der Waals surface area contributed by atoms with Gasteiger partial charge in [-0.25, -0.2) is 0 Å². The SMILES string of the molecule is Cc1ccc(NC(=O)C(c2ccccc2)C2CC2)cc1. The van der Waals surface area contributed by atoms with Gasteiger partial charge in [0.25, 0.3) is 0 Å². The molecular formula is C18H19NO. The summed E-state index contributed by atoms with van der Waals surface area (Å²) in [5, 5.41) is 3.05. The summed E-state index contributed by atoms with van der Waals surface area (Å²) in [6.45, 7) is 2.04. The van der Waals surface area contributed by atoms with E-state index in [4.69, 9.17) is 0 Å². The third-order valence-corrected chi connectivity index (χ3v) is 3.85. The van der Waals surface area contributed by atoms with Crippen LogP contribution in [0.4, 0.5) is 5.69 Å². The van der Waals surface area contributed by atoms with E-state index in [1.807, 2.05) is 49.4 Å². The summed E-state index contributed by atoms with van der Waals surface area (Å²) in [4.78, 5) is 12.6. The molecule has 0 heterocycles. The summed E-state index contributed by atoms with van der Waals surface area (Å²) in [6, 6.07) is 18.1. The summed E-state index contributed by atoms with van der Waals surface area (Å²) in [6.07, 6.45) is 2.31. The highest BCUT2D eigenvalue weighted by molar-refractivity contribution is 5.96. The third-order valence-electron chi connectivity index (χ3n) is 3.85. The van der Waals surface area contributed by atoms with Gasteiger partial charge >= 0.3 is 0 Å². The lowest BCUT2D eigenvalue weighted by molar-refractivity contribution is -0.118. The first-order valence-corrected chi connectivity index (χ1v) is 7.16. The molecule has 2 nitrogen and oxygen atoms in total. The quantitative estimate of drug-likeness (QED) is 0.885. The van der Waals surface area contributed by atoms with E-state index < -0.39 is 0 Å². The van der Waals surface area contributed by atoms with Gasteiger partial charge in [0.2, 0.25) is 5.91 Å². The molecule has 102 valence electrons. The standard InChI is InChI=1S/C18H19NO/c1-13-7-11-16(12-8-13)19-18(20)17(15-9-10-15)14-5-3-2-4-6-14/h2-8,11-12,15,17H,9-10H2,1H3,(H,19,20). The first kappa shape index (κ1) is 12.9. The number of anilines is 1. The second-order valence-corrected chi connectivity index (χ2v) is 5.58. The number of benzene rings is 2. The Bertz CT molecular complexity index is 585. The molecule has 1 fully saturated rings. The van der Waals surface area contributed by atoms with Crippen molar-refractivity contribution in [1.29, 1.82) is 0 Å². The number of nitrogens with one attached hydrogen (secondary N) is 1. The van der Waals surface area contributed by atoms with Crippen LogP contribution in [0.3, 0.4) is 0 Å². The first-order valence-electron chi connectivity index (χ1n) is 7.16. The first-order chi connectivity index (χ1) is 9.74. The normalized spacial score (nSPS) is 15.7. The van der Waals surface area contributed by atoms with E-state index in [9.17, 15) is 4.79 Å². The Hall–Kier alpha value is -2.09. The maximum absolute atomic E-state index is 12.6. The summed E-state index contributed by atoms with van der Waals surface area (Å²) >= 11 is 0. The Morgan fingerprint density at radius 2 is 1.70 bits per heavy atom. The van der Waals surface area contributed by atoms with Crippen LogP contribution in [0.2, 0.25) is 0 Å². The van der Waals surface area contributed by atoms with Crippen molar-refractivity contribution in [2.75, 3.05) is 5.32 Å². The van der Waals surface area contributed by atoms with Crippen molar-refractivity contribution < 1.29 is 4.79 Å². The average molecular weight is 265 g/mol. The molecule has 1 saturated carbocycles. The fourth-order valence-corrected chi connectivity index (χ4v) is 2.58. The van der Waals surface area contributed by atoms with E-state index in [1.54, 1.807) is 0 Å². The van der Waals surface area contributed by atoms with Gasteiger partial charge in [-0.3, -0.25) is 4.79 Å². The molecule has 0 aromatic heterocycles. The highest BCUT2D eigenvalue weighted by atomic mass is 16.1. The second kappa shape index (κ2) is 5.49. The van der Waals surface area contributed by atoms with Crippen molar-refractivity contribution in [1.82, 2.24) is 0 Å². The number of carbonyl (C=O) groups is 1. The second-order valence-electron chi connectivity index (χ2n) is 5.58. The van der Waals surface area contributed by atoms with Crippen molar-refractivity contribution in [2.24, 2.45) is 5.92 Å². The molecule has 2 aromatic carbocycles. The van der Waals surface area contributed by atoms with Crippen LogP contribution in [0.25, 0.3) is 0 Å². The number of amides is 1. The van der Waals surface area contributed by atoms with Crippen molar-refractivity contribution in [3.8, 4) is 0 Å². The fraction of sp³-hybridized carbons (Fsp3) is 0.278. The zero-order valence-corrected chi connectivity index (χ0v) is 11.7. The Morgan fingerprint density at radius 1 is 1.05 bits per heavy atom. The Morgan fingerprint density at radius 3 is 2.30 bits per heavy atom. The lowest BCUT2D eigenvalue weighted by Gasteiger charge is -2.16. The fourth-order valence-electron chi connectivity index (χ4n) is 2.58. The van der Waals surface area contributed by atoms with Crippen LogP contribution in [0.15, 0.2) is 54.6 Å². The Balaban J connectivity index is 1.78. The molecule has 20 heavy (non-hydrogen) atoms. The Kier molecular flexibility index (Phi) is 3.55. The van der Waals surface area contributed by atoms with E-state index in [2.05, 4.69) is 17.4 Å². The summed E-state index contributed by atoms with van der Waals surface area (Å²) in [5.74, 6) is 0.600. The topological polar surface area (TPSA) is 29.1 Å². The van der Waals surface area contributed by atoms with Gasteiger partial charge in [0.05, 0.1) is 5.92 Å². The van der Waals surface area contributed by atoms with E-state index in [0.717, 1.165) is 24.1 Å². The third kappa shape index (κ3) is 2.90. The number of hydrogen-bond acceptors (Lipinski definition) is 1. The van der Waals surface area contributed by atoms with E-state index in [-0.39, 0.29) is 11.8 Å². The maximum Gasteiger partial charge on any atom is 0.232 e. The van der Waals surface area contributed by atoms with Gasteiger partial charge < -0.3 is 5.32 Å². The lowest BCUT2D eigenvalue weighted by Crippen LogP contribution is -2.22. The summed E-state index contributed by atoms with van der Waals surface area (Å²) < 4.78 is 0. The van der Waals surface area contributed by atoms with E-state index in [1.165, 1.54) is 5.56 Å². The average Bonchev–Trinajstić information content (AvgIpc) is 3.28. The molecular weight excluding hydrogens is 246 g/mol. The number of aryl methyl sites for hydroxylation is 1. The minimum atomic E-state index is -0.0162. The van der Waals surface area contributed by atoms with E-state index >= 15 is 0 Å². The van der Waals surface area contributed by atoms with Crippen molar-refractivity contribution in [3.63, 3.8) is 0 Å². The van der Waals surface area contributed by atoms with Crippen molar-refractivity contribution in [2.45, 2.75) is 25.7 Å². The zero-order chi connectivity index (χ0) is 13.9. The van der Waals surface area contributed by atoms with Gasteiger partial charge in [0, 0.05) is 5.69 Å². The summed E-state index contributed by atoms with van der Waals surface area (Å²) in [5.41, 5.74) is 3.20. The molecule has 1 N–H and O–H groups in total. The molecule has 1 unspecified atom stereocenters. The van der Waals surface area contributed by atoms with Gasteiger partial charge in [0.15, 0.2) is 0 Å². The molecule has 1 atom stereocenters. The van der Waals surface area contributed by atoms with Crippen LogP contribution in [-0.4, -0.2) is 5.91 Å².